The summed E-state index contributed by atoms with van der Waals surface area (Å²) in [5.74, 6) is -1.56. The Kier molecular flexibility index (Phi) is 3.50. The first-order valence-electron chi connectivity index (χ1n) is 8.06. The number of hydrogen-bond donors (Lipinski definition) is 2. The van der Waals surface area contributed by atoms with Gasteiger partial charge in [-0.05, 0) is 42.4 Å². The minimum atomic E-state index is -1.15. The van der Waals surface area contributed by atoms with E-state index in [1.807, 2.05) is 13.8 Å². The Morgan fingerprint density at radius 3 is 2.09 bits per heavy atom. The molecule has 4 nitrogen and oxygen atoms in total. The number of aliphatic carboxylic acids is 1. The summed E-state index contributed by atoms with van der Waals surface area (Å²) in [5, 5.41) is 12.4. The van der Waals surface area contributed by atoms with Crippen molar-refractivity contribution in [2.24, 2.45) is 5.41 Å². The van der Waals surface area contributed by atoms with Crippen LogP contribution >= 0.6 is 0 Å². The molecule has 0 unspecified atom stereocenters. The maximum atomic E-state index is 13.2. The van der Waals surface area contributed by atoms with Crippen molar-refractivity contribution < 1.29 is 19.1 Å². The Balaban J connectivity index is 1.92. The first-order valence-corrected chi connectivity index (χ1v) is 8.06. The van der Waals surface area contributed by atoms with Crippen molar-refractivity contribution in [1.29, 1.82) is 0 Å². The third-order valence-electron chi connectivity index (χ3n) is 5.68. The van der Waals surface area contributed by atoms with E-state index in [0.29, 0.717) is 19.3 Å². The molecule has 2 aliphatic carbocycles. The summed E-state index contributed by atoms with van der Waals surface area (Å²) in [6, 6.07) is 5.96. The molecule has 0 aliphatic heterocycles. The molecule has 23 heavy (non-hydrogen) atoms. The zero-order valence-corrected chi connectivity index (χ0v) is 13.5. The van der Waals surface area contributed by atoms with Gasteiger partial charge >= 0.3 is 5.97 Å². The van der Waals surface area contributed by atoms with Gasteiger partial charge in [0.15, 0.2) is 0 Å². The quantitative estimate of drug-likeness (QED) is 0.896. The molecule has 2 saturated carbocycles. The van der Waals surface area contributed by atoms with Gasteiger partial charge in [0.05, 0.1) is 5.41 Å². The number of carbonyl (C=O) groups excluding carboxylic acids is 1. The molecule has 5 heteroatoms. The predicted molar refractivity (Wildman–Crippen MR) is 83.5 cm³/mol. The molecule has 0 aromatic heterocycles. The lowest BCUT2D eigenvalue weighted by molar-refractivity contribution is -0.148. The molecule has 1 aromatic carbocycles. The van der Waals surface area contributed by atoms with Crippen molar-refractivity contribution in [3.05, 3.63) is 35.6 Å². The topological polar surface area (TPSA) is 66.4 Å². The second kappa shape index (κ2) is 5.05. The number of carboxylic acids is 1. The Morgan fingerprint density at radius 2 is 1.65 bits per heavy atom. The molecule has 1 atom stereocenters. The SMILES string of the molecule is CC1(C)C[C@@]1(C(=O)NC1(C(=O)O)CCCC1)c1ccc(F)cc1. The summed E-state index contributed by atoms with van der Waals surface area (Å²) in [6.07, 6.45) is 3.17. The summed E-state index contributed by atoms with van der Waals surface area (Å²) in [6.45, 7) is 3.97. The van der Waals surface area contributed by atoms with Crippen molar-refractivity contribution in [2.75, 3.05) is 0 Å². The highest BCUT2D eigenvalue weighted by Gasteiger charge is 2.68. The van der Waals surface area contributed by atoms with Crippen LogP contribution in [-0.4, -0.2) is 22.5 Å². The summed E-state index contributed by atoms with van der Waals surface area (Å²) in [5.41, 5.74) is -1.44. The van der Waals surface area contributed by atoms with Crippen LogP contribution in [0, 0.1) is 11.2 Å². The van der Waals surface area contributed by atoms with Crippen LogP contribution in [0.4, 0.5) is 4.39 Å². The van der Waals surface area contributed by atoms with Crippen LogP contribution in [-0.2, 0) is 15.0 Å². The number of halogens is 1. The van der Waals surface area contributed by atoms with E-state index in [1.54, 1.807) is 12.1 Å². The minimum Gasteiger partial charge on any atom is -0.480 e. The predicted octanol–water partition coefficient (Wildman–Crippen LogP) is 3.01. The number of benzene rings is 1. The number of rotatable bonds is 4. The van der Waals surface area contributed by atoms with E-state index in [-0.39, 0.29) is 17.1 Å². The second-order valence-electron chi connectivity index (χ2n) is 7.52. The van der Waals surface area contributed by atoms with Gasteiger partial charge in [0.2, 0.25) is 5.91 Å². The fourth-order valence-corrected chi connectivity index (χ4v) is 4.06. The first kappa shape index (κ1) is 16.0. The molecule has 3 rings (SSSR count). The molecule has 2 fully saturated rings. The second-order valence-corrected chi connectivity index (χ2v) is 7.52. The molecule has 0 heterocycles. The lowest BCUT2D eigenvalue weighted by Gasteiger charge is -2.30. The Bertz CT molecular complexity index is 647. The molecular formula is C18H22FNO3. The van der Waals surface area contributed by atoms with Gasteiger partial charge in [-0.2, -0.15) is 0 Å². The molecule has 0 bridgehead atoms. The van der Waals surface area contributed by atoms with Crippen LogP contribution in [0.5, 0.6) is 0 Å². The summed E-state index contributed by atoms with van der Waals surface area (Å²) in [4.78, 5) is 24.7. The zero-order chi connectivity index (χ0) is 16.9. The molecule has 2 N–H and O–H groups in total. The van der Waals surface area contributed by atoms with Crippen LogP contribution in [0.2, 0.25) is 0 Å². The fraction of sp³-hybridized carbons (Fsp3) is 0.556. The Hall–Kier alpha value is -1.91. The van der Waals surface area contributed by atoms with Gasteiger partial charge in [-0.1, -0.05) is 38.8 Å². The lowest BCUT2D eigenvalue weighted by atomic mass is 9.85. The average Bonchev–Trinajstić information content (AvgIpc) is 2.84. The molecule has 1 aromatic rings. The van der Waals surface area contributed by atoms with Crippen LogP contribution in [0.25, 0.3) is 0 Å². The van der Waals surface area contributed by atoms with Gasteiger partial charge < -0.3 is 10.4 Å². The van der Waals surface area contributed by atoms with Gasteiger partial charge in [-0.25, -0.2) is 9.18 Å². The summed E-state index contributed by atoms with van der Waals surface area (Å²) >= 11 is 0. The van der Waals surface area contributed by atoms with Crippen molar-refractivity contribution >= 4 is 11.9 Å². The van der Waals surface area contributed by atoms with E-state index in [2.05, 4.69) is 5.32 Å². The van der Waals surface area contributed by atoms with Gasteiger partial charge in [-0.3, -0.25) is 4.79 Å². The highest BCUT2D eigenvalue weighted by atomic mass is 19.1. The minimum absolute atomic E-state index is 0.251. The molecule has 1 amide bonds. The Morgan fingerprint density at radius 1 is 1.13 bits per heavy atom. The fourth-order valence-electron chi connectivity index (χ4n) is 4.06. The maximum Gasteiger partial charge on any atom is 0.329 e. The molecule has 0 spiro atoms. The van der Waals surface area contributed by atoms with Crippen molar-refractivity contribution in [3.63, 3.8) is 0 Å². The highest BCUT2D eigenvalue weighted by Crippen LogP contribution is 2.64. The van der Waals surface area contributed by atoms with E-state index in [0.717, 1.165) is 18.4 Å². The number of amides is 1. The van der Waals surface area contributed by atoms with E-state index in [1.165, 1.54) is 12.1 Å². The van der Waals surface area contributed by atoms with Gasteiger partial charge in [0, 0.05) is 0 Å². The monoisotopic (exact) mass is 319 g/mol. The van der Waals surface area contributed by atoms with Crippen LogP contribution in [0.3, 0.4) is 0 Å². The smallest absolute Gasteiger partial charge is 0.329 e. The number of carbonyl (C=O) groups is 2. The molecular weight excluding hydrogens is 297 g/mol. The van der Waals surface area contributed by atoms with Gasteiger partial charge in [0.25, 0.3) is 0 Å². The van der Waals surface area contributed by atoms with Crippen LogP contribution < -0.4 is 5.32 Å². The van der Waals surface area contributed by atoms with E-state index >= 15 is 0 Å². The molecule has 0 radical (unpaired) electrons. The number of hydrogen-bond acceptors (Lipinski definition) is 2. The highest BCUT2D eigenvalue weighted by molar-refractivity contribution is 5.97. The van der Waals surface area contributed by atoms with Crippen LogP contribution in [0.1, 0.15) is 51.5 Å². The number of nitrogens with one attached hydrogen (secondary N) is 1. The van der Waals surface area contributed by atoms with Crippen molar-refractivity contribution in [3.8, 4) is 0 Å². The number of carboxylic acid groups (broad SMARTS) is 1. The molecule has 2 aliphatic rings. The molecule has 124 valence electrons. The zero-order valence-electron chi connectivity index (χ0n) is 13.5. The van der Waals surface area contributed by atoms with E-state index in [4.69, 9.17) is 0 Å². The lowest BCUT2D eigenvalue weighted by Crippen LogP contribution is -2.56. The van der Waals surface area contributed by atoms with Gasteiger partial charge in [0.1, 0.15) is 11.4 Å². The summed E-state index contributed by atoms with van der Waals surface area (Å²) in [7, 11) is 0. The van der Waals surface area contributed by atoms with Crippen molar-refractivity contribution in [2.45, 2.75) is 56.9 Å². The maximum absolute atomic E-state index is 13.2. The average molecular weight is 319 g/mol. The van der Waals surface area contributed by atoms with E-state index < -0.39 is 16.9 Å². The van der Waals surface area contributed by atoms with Crippen LogP contribution in [0.15, 0.2) is 24.3 Å². The molecule has 0 saturated heterocycles. The third kappa shape index (κ3) is 2.33. The summed E-state index contributed by atoms with van der Waals surface area (Å²) < 4.78 is 13.2. The first-order chi connectivity index (χ1) is 10.7. The normalized spacial score (nSPS) is 27.4. The third-order valence-corrected chi connectivity index (χ3v) is 5.68. The van der Waals surface area contributed by atoms with E-state index in [9.17, 15) is 19.1 Å². The standard InChI is InChI=1S/C18H22FNO3/c1-16(2)11-18(16,12-5-7-13(19)8-6-12)14(21)20-17(15(22)23)9-3-4-10-17/h5-8H,3-4,9-11H2,1-2H3,(H,20,21)(H,22,23)/t18-/m0/s1. The van der Waals surface area contributed by atoms with Crippen molar-refractivity contribution in [1.82, 2.24) is 5.32 Å². The largest absolute Gasteiger partial charge is 0.480 e. The van der Waals surface area contributed by atoms with Gasteiger partial charge in [-0.15, -0.1) is 0 Å². The Labute approximate surface area is 135 Å².